The summed E-state index contributed by atoms with van der Waals surface area (Å²) in [5.74, 6) is -1.81. The molecule has 5 rings (SSSR count). The highest BCUT2D eigenvalue weighted by Crippen LogP contribution is 2.47. The van der Waals surface area contributed by atoms with Crippen LogP contribution in [0.3, 0.4) is 0 Å². The number of phenols is 1. The third-order valence-electron chi connectivity index (χ3n) is 7.35. The van der Waals surface area contributed by atoms with E-state index >= 15 is 0 Å². The van der Waals surface area contributed by atoms with Crippen LogP contribution in [-0.4, -0.2) is 85.5 Å². The molecule has 0 radical (unpaired) electrons. The van der Waals surface area contributed by atoms with Gasteiger partial charge >= 0.3 is 6.08 Å². The summed E-state index contributed by atoms with van der Waals surface area (Å²) in [7, 11) is -3.00. The van der Waals surface area contributed by atoms with Gasteiger partial charge in [0, 0.05) is 28.6 Å². The molecule has 0 saturated carbocycles. The Hall–Kier alpha value is -4.68. The summed E-state index contributed by atoms with van der Waals surface area (Å²) in [6, 6.07) is 15.7. The van der Waals surface area contributed by atoms with Gasteiger partial charge in [0.05, 0.1) is 66.7 Å². The largest absolute Gasteiger partial charge is 0.505 e. The highest BCUT2D eigenvalue weighted by atomic mass is 32.2. The summed E-state index contributed by atoms with van der Waals surface area (Å²) in [6.45, 7) is -0.308. The van der Waals surface area contributed by atoms with Crippen LogP contribution in [0.25, 0.3) is 10.8 Å². The standard InChI is InChI=1S/C30H29FN8O13S4/c1-39(2,3)19-8-4-17(5-9-19)32-29-34-28(31)35-30(36-29)33-23-13-12-21-22(27(23)56(45,46)47)16-24(53-51-49-41)25(26(21)40)38-37-18-6-10-20(11-7-18)55(43,44)15-14-48-54-52-50-42/h4-13,16H,14-15H2,1-3H3,(H5-,32,33,34,35,36,37,40,41,42,45,46,47)/p+1. The molecule has 1 aromatic heterocycles. The second-order valence-electron chi connectivity index (χ2n) is 11.9. The minimum atomic E-state index is -5.13. The molecular formula is C30H30FN8O13S4+. The predicted octanol–water partition coefficient (Wildman–Crippen LogP) is 6.42. The van der Waals surface area contributed by atoms with E-state index in [1.165, 1.54) is 30.3 Å². The van der Waals surface area contributed by atoms with Gasteiger partial charge in [-0.2, -0.15) is 32.9 Å². The number of anilines is 4. The van der Waals surface area contributed by atoms with Crippen LogP contribution in [0.1, 0.15) is 0 Å². The van der Waals surface area contributed by atoms with E-state index in [0.717, 1.165) is 17.8 Å². The first-order valence-electron chi connectivity index (χ1n) is 15.3. The highest BCUT2D eigenvalue weighted by Gasteiger charge is 2.26. The lowest BCUT2D eigenvalue weighted by Gasteiger charge is -2.23. The van der Waals surface area contributed by atoms with Crippen molar-refractivity contribution >= 4 is 95.4 Å². The zero-order valence-electron chi connectivity index (χ0n) is 28.9. The molecule has 6 N–H and O–H groups in total. The SMILES string of the molecule is C[N+](C)(C)c1ccc(Nc2nc(F)nc(Nc3ccc4c(O)c(N=Nc5ccc(S(=O)(=O)CCOSOOO)cc5)c(SOOO)cc4c3S(=O)(=O)O)n2)cc1. The van der Waals surface area contributed by atoms with Crippen molar-refractivity contribution in [1.29, 1.82) is 0 Å². The first-order valence-corrected chi connectivity index (χ1v) is 19.8. The topological polar surface area (TPSA) is 283 Å². The maximum atomic E-state index is 14.6. The van der Waals surface area contributed by atoms with Crippen LogP contribution in [0.4, 0.5) is 44.7 Å². The summed E-state index contributed by atoms with van der Waals surface area (Å²) >= 11 is 0.491. The minimum Gasteiger partial charge on any atom is -0.505 e. The quantitative estimate of drug-likeness (QED) is 0.0105. The highest BCUT2D eigenvalue weighted by molar-refractivity contribution is 7.94. The average Bonchev–Trinajstić information content (AvgIpc) is 3.12. The molecule has 0 amide bonds. The fourth-order valence-corrected chi connectivity index (χ4v) is 7.58. The number of nitrogens with zero attached hydrogens (tertiary/aromatic N) is 6. The van der Waals surface area contributed by atoms with E-state index < -0.39 is 48.4 Å². The second kappa shape index (κ2) is 18.1. The van der Waals surface area contributed by atoms with Crippen molar-refractivity contribution in [2.75, 3.05) is 44.1 Å². The lowest BCUT2D eigenvalue weighted by molar-refractivity contribution is -0.434. The maximum Gasteiger partial charge on any atom is 0.315 e. The molecule has 0 aliphatic carbocycles. The summed E-state index contributed by atoms with van der Waals surface area (Å²) in [5.41, 5.74) is 0.926. The Kier molecular flexibility index (Phi) is 13.7. The van der Waals surface area contributed by atoms with Crippen molar-refractivity contribution in [2.45, 2.75) is 14.7 Å². The monoisotopic (exact) mass is 857 g/mol. The van der Waals surface area contributed by atoms with Crippen molar-refractivity contribution in [3.63, 3.8) is 0 Å². The molecule has 5 aromatic rings. The molecular weight excluding hydrogens is 828 g/mol. The Labute approximate surface area is 325 Å². The van der Waals surface area contributed by atoms with E-state index in [1.54, 1.807) is 12.1 Å². The van der Waals surface area contributed by atoms with Crippen molar-refractivity contribution in [3.8, 4) is 5.75 Å². The number of phenolic OH excluding ortho intramolecular Hbond substituents is 1. The lowest BCUT2D eigenvalue weighted by Crippen LogP contribution is -2.34. The second-order valence-corrected chi connectivity index (χ2v) is 16.6. The first-order chi connectivity index (χ1) is 26.5. The fraction of sp³-hybridized carbons (Fsp3) is 0.167. The number of hydrogen-bond acceptors (Lipinski definition) is 21. The molecule has 0 atom stereocenters. The number of aromatic nitrogens is 3. The first kappa shape index (κ1) is 42.5. The molecule has 0 saturated heterocycles. The molecule has 0 fully saturated rings. The van der Waals surface area contributed by atoms with Crippen molar-refractivity contribution in [1.82, 2.24) is 19.4 Å². The molecule has 21 nitrogen and oxygen atoms in total. The Morgan fingerprint density at radius 2 is 1.50 bits per heavy atom. The van der Waals surface area contributed by atoms with Crippen LogP contribution in [0, 0.1) is 6.08 Å². The molecule has 1 heterocycles. The normalized spacial score (nSPS) is 12.4. The molecule has 0 bridgehead atoms. The van der Waals surface area contributed by atoms with Crippen LogP contribution in [0.2, 0.25) is 0 Å². The molecule has 298 valence electrons. The van der Waals surface area contributed by atoms with E-state index in [0.29, 0.717) is 10.2 Å². The third-order valence-corrected chi connectivity index (χ3v) is 11.0. The molecule has 0 aliphatic heterocycles. The Balaban J connectivity index is 1.47. The van der Waals surface area contributed by atoms with Crippen LogP contribution in [-0.2, 0) is 42.9 Å². The average molecular weight is 858 g/mol. The third kappa shape index (κ3) is 10.8. The van der Waals surface area contributed by atoms with Gasteiger partial charge in [0.15, 0.2) is 27.9 Å². The van der Waals surface area contributed by atoms with Crippen molar-refractivity contribution in [3.05, 3.63) is 72.8 Å². The molecule has 0 aliphatic rings. The number of hydrogen-bond donors (Lipinski definition) is 6. The molecule has 56 heavy (non-hydrogen) atoms. The van der Waals surface area contributed by atoms with Crippen LogP contribution >= 0.6 is 24.4 Å². The van der Waals surface area contributed by atoms with Gasteiger partial charge in [0.25, 0.3) is 10.1 Å². The number of azo groups is 1. The van der Waals surface area contributed by atoms with Crippen molar-refractivity contribution in [2.24, 2.45) is 10.2 Å². The summed E-state index contributed by atoms with van der Waals surface area (Å²) < 4.78 is 89.7. The number of halogens is 1. The number of quaternary nitrogens is 1. The van der Waals surface area contributed by atoms with E-state index in [-0.39, 0.29) is 74.5 Å². The van der Waals surface area contributed by atoms with Gasteiger partial charge in [0.2, 0.25) is 11.9 Å². The van der Waals surface area contributed by atoms with Gasteiger partial charge in [-0.1, -0.05) is 10.1 Å². The predicted molar refractivity (Wildman–Crippen MR) is 199 cm³/mol. The zero-order chi connectivity index (χ0) is 40.7. The van der Waals surface area contributed by atoms with E-state index in [9.17, 15) is 30.9 Å². The number of rotatable bonds is 18. The zero-order valence-corrected chi connectivity index (χ0v) is 32.2. The molecule has 26 heteroatoms. The number of nitrogens with one attached hydrogen (secondary N) is 2. The molecule has 4 aromatic carbocycles. The van der Waals surface area contributed by atoms with Crippen LogP contribution < -0.4 is 15.1 Å². The van der Waals surface area contributed by atoms with Gasteiger partial charge < -0.3 is 15.7 Å². The molecule has 0 unspecified atom stereocenters. The van der Waals surface area contributed by atoms with Gasteiger partial charge in [-0.3, -0.25) is 13.2 Å². The number of aromatic hydroxyl groups is 1. The smallest absolute Gasteiger partial charge is 0.315 e. The minimum absolute atomic E-state index is 0.0949. The van der Waals surface area contributed by atoms with E-state index in [4.69, 9.17) is 14.7 Å². The number of benzene rings is 4. The van der Waals surface area contributed by atoms with E-state index in [2.05, 4.69) is 54.6 Å². The van der Waals surface area contributed by atoms with Gasteiger partial charge in [-0.15, -0.1) is 13.8 Å². The Morgan fingerprint density at radius 3 is 2.12 bits per heavy atom. The molecule has 0 spiro atoms. The summed E-state index contributed by atoms with van der Waals surface area (Å²) in [6.07, 6.45) is -1.23. The van der Waals surface area contributed by atoms with Gasteiger partial charge in [0.1, 0.15) is 16.3 Å². The Bertz CT molecular complexity index is 2440. The van der Waals surface area contributed by atoms with Crippen molar-refractivity contribution < 1.29 is 64.3 Å². The van der Waals surface area contributed by atoms with Crippen LogP contribution in [0.15, 0.2) is 91.6 Å². The van der Waals surface area contributed by atoms with Gasteiger partial charge in [-0.05, 0) is 54.6 Å². The summed E-state index contributed by atoms with van der Waals surface area (Å²) in [4.78, 5) is 10.2. The van der Waals surface area contributed by atoms with E-state index in [1.807, 2.05) is 33.3 Å². The van der Waals surface area contributed by atoms with Crippen LogP contribution in [0.5, 0.6) is 5.75 Å². The fourth-order valence-electron chi connectivity index (χ4n) is 4.84. The number of sulfone groups is 1. The Morgan fingerprint density at radius 1 is 0.839 bits per heavy atom. The number of fused-ring (bicyclic) bond motifs is 1. The lowest BCUT2D eigenvalue weighted by atomic mass is 10.1. The van der Waals surface area contributed by atoms with Gasteiger partial charge in [-0.25, -0.2) is 18.9 Å². The maximum absolute atomic E-state index is 14.6. The summed E-state index contributed by atoms with van der Waals surface area (Å²) in [5, 5.41) is 48.1.